The van der Waals surface area contributed by atoms with Gasteiger partial charge in [0.25, 0.3) is 0 Å². The molecule has 7 heteroatoms. The van der Waals surface area contributed by atoms with E-state index in [0.717, 1.165) is 18.4 Å². The second kappa shape index (κ2) is 6.59. The third-order valence-electron chi connectivity index (χ3n) is 4.47. The van der Waals surface area contributed by atoms with Gasteiger partial charge in [-0.3, -0.25) is 4.79 Å². The van der Waals surface area contributed by atoms with Gasteiger partial charge in [-0.15, -0.1) is 0 Å². The molecule has 0 aliphatic carbocycles. The SMILES string of the molecule is CS(=O)(=O)N1C[C@H]2O[C@H](CNC(=O)Cc3ccccc3)CC[C@H]21. The molecular formula is C16H22N2O4S. The van der Waals surface area contributed by atoms with E-state index in [2.05, 4.69) is 5.32 Å². The zero-order chi connectivity index (χ0) is 16.4. The number of rotatable bonds is 5. The second-order valence-corrected chi connectivity index (χ2v) is 8.18. The van der Waals surface area contributed by atoms with Crippen LogP contribution >= 0.6 is 0 Å². The number of hydrogen-bond donors (Lipinski definition) is 1. The lowest BCUT2D eigenvalue weighted by Gasteiger charge is -2.50. The summed E-state index contributed by atoms with van der Waals surface area (Å²) in [4.78, 5) is 11.9. The van der Waals surface area contributed by atoms with E-state index in [-0.39, 0.29) is 24.2 Å². The number of nitrogens with one attached hydrogen (secondary N) is 1. The van der Waals surface area contributed by atoms with Crippen LogP contribution in [0.3, 0.4) is 0 Å². The molecule has 23 heavy (non-hydrogen) atoms. The van der Waals surface area contributed by atoms with Gasteiger partial charge in [0.2, 0.25) is 15.9 Å². The van der Waals surface area contributed by atoms with E-state index in [0.29, 0.717) is 19.5 Å². The van der Waals surface area contributed by atoms with Gasteiger partial charge in [-0.2, -0.15) is 4.31 Å². The van der Waals surface area contributed by atoms with Gasteiger partial charge in [0, 0.05) is 13.1 Å². The largest absolute Gasteiger partial charge is 0.370 e. The highest BCUT2D eigenvalue weighted by atomic mass is 32.2. The Bertz CT molecular complexity index is 662. The number of carbonyl (C=O) groups excluding carboxylic acids is 1. The summed E-state index contributed by atoms with van der Waals surface area (Å²) in [5.41, 5.74) is 0.984. The third kappa shape index (κ3) is 3.91. The maximum absolute atomic E-state index is 11.9. The zero-order valence-corrected chi connectivity index (χ0v) is 14.0. The van der Waals surface area contributed by atoms with E-state index >= 15 is 0 Å². The number of benzene rings is 1. The monoisotopic (exact) mass is 338 g/mol. The predicted molar refractivity (Wildman–Crippen MR) is 86.4 cm³/mol. The molecule has 0 unspecified atom stereocenters. The van der Waals surface area contributed by atoms with Crippen molar-refractivity contribution in [2.45, 2.75) is 37.5 Å². The van der Waals surface area contributed by atoms with Crippen molar-refractivity contribution in [1.29, 1.82) is 0 Å². The zero-order valence-electron chi connectivity index (χ0n) is 13.1. The van der Waals surface area contributed by atoms with E-state index in [1.807, 2.05) is 30.3 Å². The summed E-state index contributed by atoms with van der Waals surface area (Å²) in [5, 5.41) is 2.91. The molecule has 2 aliphatic heterocycles. The minimum Gasteiger partial charge on any atom is -0.370 e. The number of hydrogen-bond acceptors (Lipinski definition) is 4. The Morgan fingerprint density at radius 2 is 2.04 bits per heavy atom. The molecule has 3 rings (SSSR count). The van der Waals surface area contributed by atoms with Gasteiger partial charge in [-0.25, -0.2) is 8.42 Å². The number of sulfonamides is 1. The standard InChI is InChI=1S/C16H22N2O4S/c1-23(20,21)18-11-15-14(18)8-7-13(22-15)10-17-16(19)9-12-5-3-2-4-6-12/h2-6,13-15H,7-11H2,1H3,(H,17,19)/t13-,14+,15+/m0/s1. The fourth-order valence-electron chi connectivity index (χ4n) is 3.22. The molecule has 0 aromatic heterocycles. The molecule has 0 bridgehead atoms. The minimum atomic E-state index is -3.13. The van der Waals surface area contributed by atoms with Crippen molar-refractivity contribution >= 4 is 15.9 Å². The maximum atomic E-state index is 11.9. The molecule has 1 aromatic carbocycles. The highest BCUT2D eigenvalue weighted by Gasteiger charge is 2.48. The number of fused-ring (bicyclic) bond motifs is 1. The van der Waals surface area contributed by atoms with E-state index < -0.39 is 10.0 Å². The molecule has 2 saturated heterocycles. The molecule has 2 aliphatic rings. The van der Waals surface area contributed by atoms with Crippen LogP contribution in [-0.2, 0) is 26.0 Å². The van der Waals surface area contributed by atoms with Gasteiger partial charge < -0.3 is 10.1 Å². The Morgan fingerprint density at radius 3 is 2.70 bits per heavy atom. The van der Waals surface area contributed by atoms with Crippen LogP contribution in [0.2, 0.25) is 0 Å². The predicted octanol–water partition coefficient (Wildman–Crippen LogP) is 0.537. The Kier molecular flexibility index (Phi) is 4.70. The molecule has 0 radical (unpaired) electrons. The lowest BCUT2D eigenvalue weighted by molar-refractivity contribution is -0.140. The fraction of sp³-hybridized carbons (Fsp3) is 0.562. The van der Waals surface area contributed by atoms with Gasteiger partial charge in [-0.1, -0.05) is 30.3 Å². The van der Waals surface area contributed by atoms with Crippen molar-refractivity contribution in [3.8, 4) is 0 Å². The summed E-state index contributed by atoms with van der Waals surface area (Å²) in [7, 11) is -3.13. The molecule has 6 nitrogen and oxygen atoms in total. The van der Waals surface area contributed by atoms with Crippen LogP contribution < -0.4 is 5.32 Å². The van der Waals surface area contributed by atoms with Gasteiger partial charge in [0.15, 0.2) is 0 Å². The molecule has 2 heterocycles. The van der Waals surface area contributed by atoms with Crippen molar-refractivity contribution in [3.05, 3.63) is 35.9 Å². The Balaban J connectivity index is 1.42. The summed E-state index contributed by atoms with van der Waals surface area (Å²) < 4.78 is 30.5. The third-order valence-corrected chi connectivity index (χ3v) is 5.74. The van der Waals surface area contributed by atoms with Gasteiger partial charge >= 0.3 is 0 Å². The first-order valence-electron chi connectivity index (χ1n) is 7.86. The molecule has 126 valence electrons. The molecule has 1 aromatic rings. The van der Waals surface area contributed by atoms with E-state index in [9.17, 15) is 13.2 Å². The van der Waals surface area contributed by atoms with Crippen LogP contribution in [0.4, 0.5) is 0 Å². The highest BCUT2D eigenvalue weighted by Crippen LogP contribution is 2.33. The normalized spacial score (nSPS) is 27.8. The molecule has 0 saturated carbocycles. The molecule has 2 fully saturated rings. The minimum absolute atomic E-state index is 0.0201. The Hall–Kier alpha value is -1.44. The van der Waals surface area contributed by atoms with E-state index in [1.165, 1.54) is 10.6 Å². The van der Waals surface area contributed by atoms with Crippen molar-refractivity contribution in [2.75, 3.05) is 19.3 Å². The summed E-state index contributed by atoms with van der Waals surface area (Å²) in [6.07, 6.45) is 3.09. The van der Waals surface area contributed by atoms with Crippen LogP contribution in [0, 0.1) is 0 Å². The van der Waals surface area contributed by atoms with Crippen LogP contribution in [0.5, 0.6) is 0 Å². The van der Waals surface area contributed by atoms with E-state index in [4.69, 9.17) is 4.74 Å². The molecule has 3 atom stereocenters. The van der Waals surface area contributed by atoms with Crippen molar-refractivity contribution in [1.82, 2.24) is 9.62 Å². The molecule has 0 spiro atoms. The average molecular weight is 338 g/mol. The topological polar surface area (TPSA) is 75.7 Å². The summed E-state index contributed by atoms with van der Waals surface area (Å²) >= 11 is 0. The first-order valence-corrected chi connectivity index (χ1v) is 9.71. The average Bonchev–Trinajstić information content (AvgIpc) is 2.47. The first kappa shape index (κ1) is 16.4. The van der Waals surface area contributed by atoms with Crippen molar-refractivity contribution < 1.29 is 17.9 Å². The number of carbonyl (C=O) groups is 1. The van der Waals surface area contributed by atoms with Crippen LogP contribution in [-0.4, -0.2) is 56.2 Å². The number of ether oxygens (including phenoxy) is 1. The van der Waals surface area contributed by atoms with Gasteiger partial charge in [0.1, 0.15) is 0 Å². The summed E-state index contributed by atoms with van der Waals surface area (Å²) in [5.74, 6) is -0.0201. The van der Waals surface area contributed by atoms with Crippen LogP contribution in [0.1, 0.15) is 18.4 Å². The maximum Gasteiger partial charge on any atom is 0.224 e. The lowest BCUT2D eigenvalue weighted by Crippen LogP contribution is -2.66. The lowest BCUT2D eigenvalue weighted by atomic mass is 9.92. The summed E-state index contributed by atoms with van der Waals surface area (Å²) in [6.45, 7) is 0.908. The first-order chi connectivity index (χ1) is 10.9. The Labute approximate surface area is 136 Å². The molecular weight excluding hydrogens is 316 g/mol. The van der Waals surface area contributed by atoms with Crippen molar-refractivity contribution in [3.63, 3.8) is 0 Å². The summed E-state index contributed by atoms with van der Waals surface area (Å²) in [6, 6.07) is 9.58. The number of nitrogens with zero attached hydrogens (tertiary/aromatic N) is 1. The van der Waals surface area contributed by atoms with Crippen LogP contribution in [0.25, 0.3) is 0 Å². The van der Waals surface area contributed by atoms with Gasteiger partial charge in [0.05, 0.1) is 30.9 Å². The van der Waals surface area contributed by atoms with Crippen molar-refractivity contribution in [2.24, 2.45) is 0 Å². The molecule has 1 amide bonds. The van der Waals surface area contributed by atoms with Gasteiger partial charge in [-0.05, 0) is 18.4 Å². The smallest absolute Gasteiger partial charge is 0.224 e. The quantitative estimate of drug-likeness (QED) is 0.850. The Morgan fingerprint density at radius 1 is 1.30 bits per heavy atom. The van der Waals surface area contributed by atoms with Crippen LogP contribution in [0.15, 0.2) is 30.3 Å². The second-order valence-electron chi connectivity index (χ2n) is 6.24. The fourth-order valence-corrected chi connectivity index (χ4v) is 4.37. The van der Waals surface area contributed by atoms with E-state index in [1.54, 1.807) is 0 Å². The number of amides is 1. The molecule has 1 N–H and O–H groups in total. The highest BCUT2D eigenvalue weighted by molar-refractivity contribution is 7.88.